The van der Waals surface area contributed by atoms with E-state index in [1.807, 2.05) is 62.4 Å². The van der Waals surface area contributed by atoms with Crippen LogP contribution in [-0.4, -0.2) is 42.2 Å². The molecule has 0 amide bonds. The Bertz CT molecular complexity index is 1650. The fourth-order valence-corrected chi connectivity index (χ4v) is 6.54. The van der Waals surface area contributed by atoms with Gasteiger partial charge in [0.05, 0.1) is 6.61 Å². The maximum atomic E-state index is 13.8. The zero-order valence-electron chi connectivity index (χ0n) is 24.0. The van der Waals surface area contributed by atoms with Crippen LogP contribution in [0.15, 0.2) is 77.2 Å². The lowest BCUT2D eigenvalue weighted by molar-refractivity contribution is -0.143. The van der Waals surface area contributed by atoms with Gasteiger partial charge in [0.25, 0.3) is 0 Å². The molecule has 1 aliphatic heterocycles. The largest absolute Gasteiger partial charge is 0.487 e. The molecule has 1 aliphatic rings. The van der Waals surface area contributed by atoms with Gasteiger partial charge in [-0.15, -0.1) is 0 Å². The van der Waals surface area contributed by atoms with E-state index >= 15 is 0 Å². The van der Waals surface area contributed by atoms with Gasteiger partial charge in [-0.1, -0.05) is 48.0 Å². The van der Waals surface area contributed by atoms with Gasteiger partial charge in [-0.05, 0) is 75.1 Å². The minimum atomic E-state index is -3.92. The lowest BCUT2D eigenvalue weighted by atomic mass is 10.0. The molecule has 9 nitrogen and oxygen atoms in total. The minimum Gasteiger partial charge on any atom is -0.487 e. The number of benzene rings is 3. The molecule has 5 rings (SSSR count). The number of hydrogen-bond donors (Lipinski definition) is 1. The second-order valence-corrected chi connectivity index (χ2v) is 12.4. The van der Waals surface area contributed by atoms with Crippen molar-refractivity contribution in [1.82, 2.24) is 9.29 Å². The summed E-state index contributed by atoms with van der Waals surface area (Å²) in [4.78, 5) is 17.1. The third-order valence-corrected chi connectivity index (χ3v) is 9.21. The molecule has 2 heterocycles. The fourth-order valence-electron chi connectivity index (χ4n) is 4.87. The van der Waals surface area contributed by atoms with Gasteiger partial charge in [-0.3, -0.25) is 4.79 Å². The van der Waals surface area contributed by atoms with Crippen LogP contribution >= 0.6 is 0 Å². The summed E-state index contributed by atoms with van der Waals surface area (Å²) in [5.74, 6) is 1.13. The number of carbonyl (C=O) groups is 1. The van der Waals surface area contributed by atoms with Gasteiger partial charge in [0.15, 0.2) is 0 Å². The molecule has 0 aliphatic carbocycles. The number of anilines is 1. The van der Waals surface area contributed by atoms with Crippen LogP contribution in [0, 0.1) is 13.8 Å². The normalized spacial score (nSPS) is 14.7. The van der Waals surface area contributed by atoms with Gasteiger partial charge < -0.3 is 19.2 Å². The molecule has 10 heteroatoms. The number of aryl methyl sites for hydroxylation is 3. The number of fused-ring (bicyclic) bond motifs is 1. The number of hydrogen-bond acceptors (Lipinski definition) is 8. The summed E-state index contributed by atoms with van der Waals surface area (Å²) in [5.41, 5.74) is 5.24. The molecular formula is C32H35N3O6S. The minimum absolute atomic E-state index is 0.0151. The molecular weight excluding hydrogens is 554 g/mol. The van der Waals surface area contributed by atoms with Crippen molar-refractivity contribution >= 4 is 21.7 Å². The smallest absolute Gasteiger partial charge is 0.321 e. The molecule has 0 saturated carbocycles. The van der Waals surface area contributed by atoms with Crippen molar-refractivity contribution in [2.24, 2.45) is 0 Å². The van der Waals surface area contributed by atoms with E-state index in [-0.39, 0.29) is 26.3 Å². The van der Waals surface area contributed by atoms with Crippen molar-refractivity contribution in [2.75, 3.05) is 18.5 Å². The van der Waals surface area contributed by atoms with E-state index in [1.165, 1.54) is 4.31 Å². The summed E-state index contributed by atoms with van der Waals surface area (Å²) < 4.78 is 45.8. The number of esters is 1. The van der Waals surface area contributed by atoms with Crippen LogP contribution in [0.5, 0.6) is 5.75 Å². The third-order valence-electron chi connectivity index (χ3n) is 7.16. The molecule has 1 atom stereocenters. The van der Waals surface area contributed by atoms with Crippen LogP contribution in [-0.2, 0) is 39.1 Å². The van der Waals surface area contributed by atoms with Crippen LogP contribution in [0.2, 0.25) is 0 Å². The van der Waals surface area contributed by atoms with Crippen molar-refractivity contribution in [3.8, 4) is 17.2 Å². The van der Waals surface area contributed by atoms with E-state index in [2.05, 4.69) is 10.3 Å². The summed E-state index contributed by atoms with van der Waals surface area (Å²) >= 11 is 0. The lowest BCUT2D eigenvalue weighted by Gasteiger charge is -2.31. The SMILES string of the molecule is CCOC(=O)CN(Cc1cccc(OCc2nc(-c3ccc(C)cc3)oc2C)c1)S(=O)(=O)C1CCc2ccccc2N1. The maximum absolute atomic E-state index is 13.8. The number of sulfonamides is 1. The number of rotatable bonds is 11. The predicted molar refractivity (Wildman–Crippen MR) is 160 cm³/mol. The summed E-state index contributed by atoms with van der Waals surface area (Å²) in [6.07, 6.45) is 1.01. The number of oxazole rings is 1. The average Bonchev–Trinajstić information content (AvgIpc) is 3.36. The van der Waals surface area contributed by atoms with Crippen LogP contribution in [0.25, 0.3) is 11.5 Å². The zero-order valence-corrected chi connectivity index (χ0v) is 24.8. The van der Waals surface area contributed by atoms with Crippen LogP contribution < -0.4 is 10.1 Å². The van der Waals surface area contributed by atoms with E-state index in [1.54, 1.807) is 31.2 Å². The van der Waals surface area contributed by atoms with Gasteiger partial charge in [0.2, 0.25) is 15.9 Å². The van der Waals surface area contributed by atoms with Crippen molar-refractivity contribution in [1.29, 1.82) is 0 Å². The first-order chi connectivity index (χ1) is 20.2. The standard InChI is InChI=1S/C32H35N3O6S/c1-4-39-31(36)20-35(42(37,38)30-17-16-25-9-5-6-11-28(25)33-30)19-24-8-7-10-27(18-24)40-21-29-23(3)41-32(34-29)26-14-12-22(2)13-15-26/h5-15,18,30,33H,4,16-17,19-21H2,1-3H3. The van der Waals surface area contributed by atoms with Crippen LogP contribution in [0.3, 0.4) is 0 Å². The summed E-state index contributed by atoms with van der Waals surface area (Å²) in [6, 6.07) is 22.8. The monoisotopic (exact) mass is 589 g/mol. The molecule has 1 aromatic heterocycles. The molecule has 0 radical (unpaired) electrons. The summed E-state index contributed by atoms with van der Waals surface area (Å²) in [5, 5.41) is 2.30. The molecule has 3 aromatic carbocycles. The number of nitrogens with zero attached hydrogens (tertiary/aromatic N) is 2. The van der Waals surface area contributed by atoms with Gasteiger partial charge in [0, 0.05) is 17.8 Å². The second-order valence-electron chi connectivity index (χ2n) is 10.3. The van der Waals surface area contributed by atoms with E-state index in [4.69, 9.17) is 13.9 Å². The van der Waals surface area contributed by atoms with Gasteiger partial charge in [-0.25, -0.2) is 13.4 Å². The summed E-state index contributed by atoms with van der Waals surface area (Å²) in [7, 11) is -3.92. The lowest BCUT2D eigenvalue weighted by Crippen LogP contribution is -2.46. The average molecular weight is 590 g/mol. The Morgan fingerprint density at radius 3 is 2.64 bits per heavy atom. The van der Waals surface area contributed by atoms with Crippen molar-refractivity contribution in [3.05, 3.63) is 101 Å². The first-order valence-electron chi connectivity index (χ1n) is 14.0. The molecule has 0 bridgehead atoms. The highest BCUT2D eigenvalue weighted by molar-refractivity contribution is 7.89. The number of carbonyl (C=O) groups excluding carboxylic acids is 1. The van der Waals surface area contributed by atoms with Gasteiger partial charge >= 0.3 is 5.97 Å². The number of ether oxygens (including phenoxy) is 2. The highest BCUT2D eigenvalue weighted by Gasteiger charge is 2.36. The molecule has 0 fully saturated rings. The highest BCUT2D eigenvalue weighted by Crippen LogP contribution is 2.29. The van der Waals surface area contributed by atoms with Crippen molar-refractivity contribution in [3.63, 3.8) is 0 Å². The van der Waals surface area contributed by atoms with Crippen molar-refractivity contribution < 1.29 is 27.1 Å². The van der Waals surface area contributed by atoms with E-state index in [0.717, 1.165) is 22.4 Å². The molecule has 0 saturated heterocycles. The number of aromatic nitrogens is 1. The third kappa shape index (κ3) is 6.83. The van der Waals surface area contributed by atoms with Crippen LogP contribution in [0.4, 0.5) is 5.69 Å². The molecule has 0 spiro atoms. The molecule has 1 unspecified atom stereocenters. The van der Waals surface area contributed by atoms with Gasteiger partial charge in [-0.2, -0.15) is 4.31 Å². The topological polar surface area (TPSA) is 111 Å². The molecule has 42 heavy (non-hydrogen) atoms. The Labute approximate surface area is 246 Å². The predicted octanol–water partition coefficient (Wildman–Crippen LogP) is 5.62. The van der Waals surface area contributed by atoms with Gasteiger partial charge in [0.1, 0.15) is 35.7 Å². The van der Waals surface area contributed by atoms with E-state index in [9.17, 15) is 13.2 Å². The second kappa shape index (κ2) is 12.8. The Kier molecular flexibility index (Phi) is 8.94. The number of nitrogens with one attached hydrogen (secondary N) is 1. The molecule has 220 valence electrons. The van der Waals surface area contributed by atoms with Crippen molar-refractivity contribution in [2.45, 2.75) is 52.1 Å². The Morgan fingerprint density at radius 1 is 1.07 bits per heavy atom. The zero-order chi connectivity index (χ0) is 29.7. The summed E-state index contributed by atoms with van der Waals surface area (Å²) in [6.45, 7) is 5.50. The Balaban J connectivity index is 1.31. The Hall–Kier alpha value is -4.15. The first-order valence-corrected chi connectivity index (χ1v) is 15.5. The van der Waals surface area contributed by atoms with E-state index in [0.29, 0.717) is 41.5 Å². The number of para-hydroxylation sites is 1. The molecule has 1 N–H and O–H groups in total. The quantitative estimate of drug-likeness (QED) is 0.225. The molecule has 4 aromatic rings. The van der Waals surface area contributed by atoms with Crippen LogP contribution in [0.1, 0.15) is 41.5 Å². The Morgan fingerprint density at radius 2 is 1.86 bits per heavy atom. The maximum Gasteiger partial charge on any atom is 0.321 e. The fraction of sp³-hybridized carbons (Fsp3) is 0.312. The van der Waals surface area contributed by atoms with E-state index < -0.39 is 21.4 Å². The first kappa shape index (κ1) is 29.3. The highest BCUT2D eigenvalue weighted by atomic mass is 32.2.